The van der Waals surface area contributed by atoms with Crippen LogP contribution in [-0.2, 0) is 0 Å². The molecule has 2 aliphatic heterocycles. The van der Waals surface area contributed by atoms with E-state index in [-0.39, 0.29) is 24.0 Å². The van der Waals surface area contributed by atoms with Gasteiger partial charge in [0, 0.05) is 19.1 Å². The van der Waals surface area contributed by atoms with Crippen molar-refractivity contribution in [2.45, 2.75) is 64.8 Å². The number of hydrogen-bond donors (Lipinski definition) is 1. The van der Waals surface area contributed by atoms with Gasteiger partial charge in [-0.3, -0.25) is 9.89 Å². The predicted octanol–water partition coefficient (Wildman–Crippen LogP) is 3.31. The highest BCUT2D eigenvalue weighted by atomic mass is 127. The van der Waals surface area contributed by atoms with Crippen LogP contribution in [0.25, 0.3) is 0 Å². The third kappa shape index (κ3) is 6.60. The molecule has 130 valence electrons. The fraction of sp³-hybridized carbons (Fsp3) is 0.941. The van der Waals surface area contributed by atoms with Crippen LogP contribution in [0.4, 0.5) is 0 Å². The van der Waals surface area contributed by atoms with Crippen LogP contribution in [0.5, 0.6) is 0 Å². The van der Waals surface area contributed by atoms with Gasteiger partial charge in [0.2, 0.25) is 0 Å². The molecule has 5 heteroatoms. The van der Waals surface area contributed by atoms with E-state index in [1.54, 1.807) is 0 Å². The molecule has 0 aliphatic carbocycles. The van der Waals surface area contributed by atoms with Crippen molar-refractivity contribution >= 4 is 29.9 Å². The van der Waals surface area contributed by atoms with Gasteiger partial charge in [0.15, 0.2) is 5.96 Å². The van der Waals surface area contributed by atoms with Crippen molar-refractivity contribution in [2.75, 3.05) is 32.7 Å². The molecule has 2 aliphatic rings. The maximum absolute atomic E-state index is 6.25. The second-order valence-corrected chi connectivity index (χ2v) is 7.13. The van der Waals surface area contributed by atoms with Gasteiger partial charge in [0.05, 0.1) is 6.54 Å². The average Bonchev–Trinajstić information content (AvgIpc) is 2.85. The molecule has 1 unspecified atom stereocenters. The van der Waals surface area contributed by atoms with Gasteiger partial charge in [0.25, 0.3) is 0 Å². The molecule has 0 saturated carbocycles. The zero-order valence-corrected chi connectivity index (χ0v) is 16.8. The van der Waals surface area contributed by atoms with E-state index >= 15 is 0 Å². The van der Waals surface area contributed by atoms with E-state index in [0.717, 1.165) is 31.5 Å². The van der Waals surface area contributed by atoms with Gasteiger partial charge in [-0.15, -0.1) is 24.0 Å². The van der Waals surface area contributed by atoms with Gasteiger partial charge >= 0.3 is 0 Å². The lowest BCUT2D eigenvalue weighted by Crippen LogP contribution is -2.41. The molecule has 2 heterocycles. The van der Waals surface area contributed by atoms with E-state index in [9.17, 15) is 0 Å². The van der Waals surface area contributed by atoms with E-state index in [2.05, 4.69) is 23.6 Å². The fourth-order valence-corrected chi connectivity index (χ4v) is 3.59. The van der Waals surface area contributed by atoms with Crippen LogP contribution in [0.15, 0.2) is 4.99 Å². The molecule has 0 aromatic rings. The molecule has 0 aromatic carbocycles. The summed E-state index contributed by atoms with van der Waals surface area (Å²) in [5.74, 6) is 1.51. The third-order valence-electron chi connectivity index (χ3n) is 4.79. The smallest absolute Gasteiger partial charge is 0.191 e. The highest BCUT2D eigenvalue weighted by Gasteiger charge is 2.22. The van der Waals surface area contributed by atoms with E-state index in [4.69, 9.17) is 10.7 Å². The molecule has 1 atom stereocenters. The summed E-state index contributed by atoms with van der Waals surface area (Å²) in [6, 6.07) is 0.582. The Morgan fingerprint density at radius 3 is 2.05 bits per heavy atom. The average molecular weight is 422 g/mol. The molecule has 2 saturated heterocycles. The zero-order chi connectivity index (χ0) is 15.1. The highest BCUT2D eigenvalue weighted by molar-refractivity contribution is 14.0. The predicted molar refractivity (Wildman–Crippen MR) is 106 cm³/mol. The fourth-order valence-electron chi connectivity index (χ4n) is 3.59. The molecule has 0 radical (unpaired) electrons. The molecule has 0 bridgehead atoms. The Balaban J connectivity index is 0.00000242. The van der Waals surface area contributed by atoms with Crippen molar-refractivity contribution in [3.63, 3.8) is 0 Å². The summed E-state index contributed by atoms with van der Waals surface area (Å²) in [5, 5.41) is 0. The Labute approximate surface area is 153 Å². The summed E-state index contributed by atoms with van der Waals surface area (Å²) in [4.78, 5) is 9.69. The maximum Gasteiger partial charge on any atom is 0.191 e. The third-order valence-corrected chi connectivity index (χ3v) is 4.79. The number of nitrogens with zero attached hydrogens (tertiary/aromatic N) is 3. The zero-order valence-electron chi connectivity index (χ0n) is 14.5. The van der Waals surface area contributed by atoms with Crippen LogP contribution >= 0.6 is 24.0 Å². The van der Waals surface area contributed by atoms with Gasteiger partial charge in [-0.1, -0.05) is 26.7 Å². The summed E-state index contributed by atoms with van der Waals surface area (Å²) in [6.45, 7) is 10.2. The Kier molecular flexibility index (Phi) is 9.71. The van der Waals surface area contributed by atoms with E-state index in [1.165, 1.54) is 58.0 Å². The number of nitrogens with two attached hydrogens (primary N) is 1. The minimum Gasteiger partial charge on any atom is -0.370 e. The molecule has 0 amide bonds. The molecular weight excluding hydrogens is 387 g/mol. The number of guanidine groups is 1. The van der Waals surface area contributed by atoms with Crippen LogP contribution in [0.2, 0.25) is 0 Å². The van der Waals surface area contributed by atoms with Crippen LogP contribution in [0.3, 0.4) is 0 Å². The Morgan fingerprint density at radius 2 is 1.50 bits per heavy atom. The summed E-state index contributed by atoms with van der Waals surface area (Å²) in [6.07, 6.45) is 9.13. The van der Waals surface area contributed by atoms with E-state index in [0.29, 0.717) is 6.04 Å². The quantitative estimate of drug-likeness (QED) is 0.420. The van der Waals surface area contributed by atoms with Crippen LogP contribution < -0.4 is 5.73 Å². The van der Waals surface area contributed by atoms with E-state index < -0.39 is 0 Å². The van der Waals surface area contributed by atoms with Crippen molar-refractivity contribution in [1.29, 1.82) is 0 Å². The maximum atomic E-state index is 6.25. The molecule has 2 N–H and O–H groups in total. The molecular formula is C17H35IN4. The van der Waals surface area contributed by atoms with Crippen LogP contribution in [0, 0.1) is 5.92 Å². The van der Waals surface area contributed by atoms with Crippen LogP contribution in [-0.4, -0.2) is 54.5 Å². The summed E-state index contributed by atoms with van der Waals surface area (Å²) < 4.78 is 0. The number of aliphatic imine (C=N–C) groups is 1. The normalized spacial score (nSPS) is 22.5. The summed E-state index contributed by atoms with van der Waals surface area (Å²) >= 11 is 0. The molecule has 22 heavy (non-hydrogen) atoms. The first-order valence-corrected chi connectivity index (χ1v) is 8.95. The second kappa shape index (κ2) is 10.7. The Hall–Kier alpha value is -0.0400. The van der Waals surface area contributed by atoms with Crippen molar-refractivity contribution in [3.8, 4) is 0 Å². The van der Waals surface area contributed by atoms with Crippen molar-refractivity contribution in [3.05, 3.63) is 0 Å². The minimum atomic E-state index is 0. The first-order chi connectivity index (χ1) is 10.2. The van der Waals surface area contributed by atoms with Crippen LogP contribution in [0.1, 0.15) is 58.8 Å². The number of hydrogen-bond acceptors (Lipinski definition) is 2. The van der Waals surface area contributed by atoms with Gasteiger partial charge in [-0.05, 0) is 51.1 Å². The lowest BCUT2D eigenvalue weighted by atomic mass is 10.0. The highest BCUT2D eigenvalue weighted by Crippen LogP contribution is 2.18. The topological polar surface area (TPSA) is 44.9 Å². The monoisotopic (exact) mass is 422 g/mol. The molecule has 2 fully saturated rings. The summed E-state index contributed by atoms with van der Waals surface area (Å²) in [5.41, 5.74) is 6.25. The molecule has 0 aromatic heterocycles. The SMILES string of the molecule is CC(C)CC(CN=C(N)N1CCCCCC1)N1CCCC1.I. The second-order valence-electron chi connectivity index (χ2n) is 7.13. The van der Waals surface area contributed by atoms with Gasteiger partial charge in [-0.2, -0.15) is 0 Å². The lowest BCUT2D eigenvalue weighted by Gasteiger charge is -2.28. The first kappa shape index (κ1) is 20.0. The van der Waals surface area contributed by atoms with Gasteiger partial charge in [0.1, 0.15) is 0 Å². The molecule has 0 spiro atoms. The van der Waals surface area contributed by atoms with Crippen molar-refractivity contribution in [2.24, 2.45) is 16.6 Å². The number of likely N-dealkylation sites (tertiary alicyclic amines) is 2. The summed E-state index contributed by atoms with van der Waals surface area (Å²) in [7, 11) is 0. The largest absolute Gasteiger partial charge is 0.370 e. The van der Waals surface area contributed by atoms with Crippen molar-refractivity contribution < 1.29 is 0 Å². The van der Waals surface area contributed by atoms with Gasteiger partial charge < -0.3 is 10.6 Å². The minimum absolute atomic E-state index is 0. The Bertz CT molecular complexity index is 319. The standard InChI is InChI=1S/C17H34N4.HI/c1-15(2)13-16(20-9-7-8-10-20)14-19-17(18)21-11-5-3-4-6-12-21;/h15-16H,3-14H2,1-2H3,(H2,18,19);1H. The van der Waals surface area contributed by atoms with Crippen molar-refractivity contribution in [1.82, 2.24) is 9.80 Å². The molecule has 4 nitrogen and oxygen atoms in total. The van der Waals surface area contributed by atoms with Gasteiger partial charge in [-0.25, -0.2) is 0 Å². The lowest BCUT2D eigenvalue weighted by molar-refractivity contribution is 0.218. The Morgan fingerprint density at radius 1 is 0.955 bits per heavy atom. The van der Waals surface area contributed by atoms with E-state index in [1.807, 2.05) is 0 Å². The number of rotatable bonds is 5. The molecule has 2 rings (SSSR count). The first-order valence-electron chi connectivity index (χ1n) is 8.95. The number of halogens is 1.